The molecule has 0 saturated carbocycles. The molecule has 0 radical (unpaired) electrons. The molecule has 0 atom stereocenters. The largest absolute Gasteiger partial charge is 0.343 e. The third-order valence-corrected chi connectivity index (χ3v) is 4.07. The summed E-state index contributed by atoms with van der Waals surface area (Å²) in [6.45, 7) is 0.574. The fourth-order valence-corrected chi connectivity index (χ4v) is 2.86. The molecule has 0 aliphatic carbocycles. The Bertz CT molecular complexity index is 772. The molecule has 1 aromatic heterocycles. The van der Waals surface area contributed by atoms with Crippen molar-refractivity contribution in [2.24, 2.45) is 0 Å². The van der Waals surface area contributed by atoms with Gasteiger partial charge in [-0.05, 0) is 24.3 Å². The molecule has 0 N–H and O–H groups in total. The van der Waals surface area contributed by atoms with Crippen molar-refractivity contribution in [2.75, 3.05) is 0 Å². The Morgan fingerprint density at radius 1 is 1.00 bits per heavy atom. The number of aldehydes is 1. The average Bonchev–Trinajstić information content (AvgIpc) is 2.86. The molecule has 3 aromatic rings. The van der Waals surface area contributed by atoms with Gasteiger partial charge in [0.15, 0.2) is 6.29 Å². The van der Waals surface area contributed by atoms with Gasteiger partial charge in [-0.25, -0.2) is 0 Å². The summed E-state index contributed by atoms with van der Waals surface area (Å²) in [5.74, 6) is 0. The molecule has 0 aliphatic rings. The van der Waals surface area contributed by atoms with E-state index in [4.69, 9.17) is 23.2 Å². The van der Waals surface area contributed by atoms with Crippen molar-refractivity contribution in [1.29, 1.82) is 0 Å². The molecule has 0 bridgehead atoms. The minimum Gasteiger partial charge on any atom is -0.343 e. The molecule has 2 nitrogen and oxygen atoms in total. The van der Waals surface area contributed by atoms with Gasteiger partial charge in [0.05, 0.1) is 6.54 Å². The Hall–Kier alpha value is -1.77. The fourth-order valence-electron chi connectivity index (χ4n) is 2.34. The number of rotatable bonds is 3. The maximum absolute atomic E-state index is 11.0. The van der Waals surface area contributed by atoms with Gasteiger partial charge < -0.3 is 4.57 Å². The molecule has 100 valence electrons. The van der Waals surface area contributed by atoms with Crippen LogP contribution in [0.3, 0.4) is 0 Å². The van der Waals surface area contributed by atoms with E-state index < -0.39 is 0 Å². The van der Waals surface area contributed by atoms with E-state index in [1.54, 1.807) is 0 Å². The average molecular weight is 304 g/mol. The summed E-state index contributed by atoms with van der Waals surface area (Å²) in [6, 6.07) is 13.1. The summed E-state index contributed by atoms with van der Waals surface area (Å²) in [5.41, 5.74) is 2.56. The van der Waals surface area contributed by atoms with Gasteiger partial charge in [0.1, 0.15) is 0 Å². The monoisotopic (exact) mass is 303 g/mol. The number of carbonyl (C=O) groups excluding carboxylic acids is 1. The second-order valence-electron chi connectivity index (χ2n) is 4.54. The molecular formula is C16H11Cl2NO. The van der Waals surface area contributed by atoms with E-state index in [1.165, 1.54) is 0 Å². The zero-order valence-electron chi connectivity index (χ0n) is 10.5. The van der Waals surface area contributed by atoms with Crippen molar-refractivity contribution in [3.63, 3.8) is 0 Å². The van der Waals surface area contributed by atoms with E-state index in [2.05, 4.69) is 0 Å². The first-order valence-corrected chi connectivity index (χ1v) is 6.92. The van der Waals surface area contributed by atoms with Gasteiger partial charge in [0.2, 0.25) is 0 Å². The van der Waals surface area contributed by atoms with Crippen LogP contribution in [0.4, 0.5) is 0 Å². The number of nitrogens with zero attached hydrogens (tertiary/aromatic N) is 1. The van der Waals surface area contributed by atoms with Crippen molar-refractivity contribution >= 4 is 40.4 Å². The molecule has 2 aromatic carbocycles. The van der Waals surface area contributed by atoms with E-state index in [0.717, 1.165) is 22.8 Å². The molecule has 0 unspecified atom stereocenters. The standard InChI is InChI=1S/C16H11Cl2NO/c17-14-4-2-5-15(18)13(14)9-19-8-7-12-11(10-20)3-1-6-16(12)19/h1-8,10H,9H2. The van der Waals surface area contributed by atoms with E-state index in [0.29, 0.717) is 22.2 Å². The van der Waals surface area contributed by atoms with E-state index >= 15 is 0 Å². The lowest BCUT2D eigenvalue weighted by Crippen LogP contribution is -1.99. The molecule has 0 aliphatic heterocycles. The highest BCUT2D eigenvalue weighted by atomic mass is 35.5. The normalized spacial score (nSPS) is 10.9. The molecule has 1 heterocycles. The quantitative estimate of drug-likeness (QED) is 0.636. The highest BCUT2D eigenvalue weighted by Gasteiger charge is 2.09. The number of hydrogen-bond acceptors (Lipinski definition) is 1. The van der Waals surface area contributed by atoms with Crippen molar-refractivity contribution in [1.82, 2.24) is 4.57 Å². The van der Waals surface area contributed by atoms with Crippen molar-refractivity contribution in [3.8, 4) is 0 Å². The molecule has 3 rings (SSSR count). The summed E-state index contributed by atoms with van der Waals surface area (Å²) in [7, 11) is 0. The molecule has 0 saturated heterocycles. The molecule has 4 heteroatoms. The smallest absolute Gasteiger partial charge is 0.150 e. The Kier molecular flexibility index (Phi) is 3.51. The number of hydrogen-bond donors (Lipinski definition) is 0. The van der Waals surface area contributed by atoms with Crippen LogP contribution in [-0.2, 0) is 6.54 Å². The Morgan fingerprint density at radius 2 is 1.70 bits per heavy atom. The lowest BCUT2D eigenvalue weighted by atomic mass is 10.1. The van der Waals surface area contributed by atoms with Crippen LogP contribution in [0.1, 0.15) is 15.9 Å². The fraction of sp³-hybridized carbons (Fsp3) is 0.0625. The van der Waals surface area contributed by atoms with E-state index in [9.17, 15) is 4.79 Å². The van der Waals surface area contributed by atoms with Gasteiger partial charge in [0, 0.05) is 38.3 Å². The summed E-state index contributed by atoms with van der Waals surface area (Å²) >= 11 is 12.4. The predicted octanol–water partition coefficient (Wildman–Crippen LogP) is 4.81. The van der Waals surface area contributed by atoms with E-state index in [1.807, 2.05) is 53.2 Å². The van der Waals surface area contributed by atoms with Gasteiger partial charge in [0.25, 0.3) is 0 Å². The van der Waals surface area contributed by atoms with Crippen molar-refractivity contribution < 1.29 is 4.79 Å². The molecule has 0 spiro atoms. The summed E-state index contributed by atoms with van der Waals surface area (Å²) in [6.07, 6.45) is 2.81. The Morgan fingerprint density at radius 3 is 2.40 bits per heavy atom. The lowest BCUT2D eigenvalue weighted by Gasteiger charge is -2.09. The maximum Gasteiger partial charge on any atom is 0.150 e. The molecule has 0 fully saturated rings. The highest BCUT2D eigenvalue weighted by molar-refractivity contribution is 6.36. The highest BCUT2D eigenvalue weighted by Crippen LogP contribution is 2.27. The van der Waals surface area contributed by atoms with Gasteiger partial charge in [-0.2, -0.15) is 0 Å². The van der Waals surface area contributed by atoms with Gasteiger partial charge in [-0.3, -0.25) is 4.79 Å². The maximum atomic E-state index is 11.0. The number of aromatic nitrogens is 1. The zero-order valence-corrected chi connectivity index (χ0v) is 12.0. The van der Waals surface area contributed by atoms with Crippen LogP contribution in [0.15, 0.2) is 48.7 Å². The van der Waals surface area contributed by atoms with Crippen LogP contribution in [0.2, 0.25) is 10.0 Å². The second-order valence-corrected chi connectivity index (χ2v) is 5.36. The number of benzene rings is 2. The van der Waals surface area contributed by atoms with Gasteiger partial charge in [-0.1, -0.05) is 41.4 Å². The minimum absolute atomic E-state index is 0.574. The second kappa shape index (κ2) is 5.31. The lowest BCUT2D eigenvalue weighted by molar-refractivity contribution is 0.112. The van der Waals surface area contributed by atoms with Crippen LogP contribution in [0.5, 0.6) is 0 Å². The summed E-state index contributed by atoms with van der Waals surface area (Å²) < 4.78 is 2.04. The zero-order chi connectivity index (χ0) is 14.1. The molecular weight excluding hydrogens is 293 g/mol. The number of carbonyl (C=O) groups is 1. The first-order valence-electron chi connectivity index (χ1n) is 6.16. The van der Waals surface area contributed by atoms with Crippen LogP contribution in [-0.4, -0.2) is 10.9 Å². The van der Waals surface area contributed by atoms with Gasteiger partial charge >= 0.3 is 0 Å². The molecule has 0 amide bonds. The molecule has 20 heavy (non-hydrogen) atoms. The van der Waals surface area contributed by atoms with Crippen LogP contribution < -0.4 is 0 Å². The number of fused-ring (bicyclic) bond motifs is 1. The minimum atomic E-state index is 0.574. The Labute approximate surface area is 126 Å². The number of halogens is 2. The van der Waals surface area contributed by atoms with E-state index in [-0.39, 0.29) is 0 Å². The van der Waals surface area contributed by atoms with Crippen LogP contribution in [0.25, 0.3) is 10.9 Å². The summed E-state index contributed by atoms with van der Waals surface area (Å²) in [4.78, 5) is 11.0. The SMILES string of the molecule is O=Cc1cccc2c1ccn2Cc1c(Cl)cccc1Cl. The third kappa shape index (κ3) is 2.21. The van der Waals surface area contributed by atoms with Crippen LogP contribution in [0, 0.1) is 0 Å². The van der Waals surface area contributed by atoms with Crippen molar-refractivity contribution in [3.05, 3.63) is 69.8 Å². The van der Waals surface area contributed by atoms with Crippen LogP contribution >= 0.6 is 23.2 Å². The first kappa shape index (κ1) is 13.2. The van der Waals surface area contributed by atoms with Gasteiger partial charge in [-0.15, -0.1) is 0 Å². The topological polar surface area (TPSA) is 22.0 Å². The Balaban J connectivity index is 2.10. The summed E-state index contributed by atoms with van der Waals surface area (Å²) in [5, 5.41) is 2.22. The van der Waals surface area contributed by atoms with Crippen molar-refractivity contribution in [2.45, 2.75) is 6.54 Å². The third-order valence-electron chi connectivity index (χ3n) is 3.36. The first-order chi connectivity index (χ1) is 9.70. The predicted molar refractivity (Wildman–Crippen MR) is 82.9 cm³/mol.